The van der Waals surface area contributed by atoms with Crippen molar-refractivity contribution in [3.8, 4) is 0 Å². The van der Waals surface area contributed by atoms with E-state index in [4.69, 9.17) is 0 Å². The van der Waals surface area contributed by atoms with Crippen LogP contribution in [0.25, 0.3) is 0 Å². The lowest BCUT2D eigenvalue weighted by Gasteiger charge is -2.37. The molecular weight excluding hydrogens is 232 g/mol. The van der Waals surface area contributed by atoms with Crippen molar-refractivity contribution < 1.29 is 0 Å². The Kier molecular flexibility index (Phi) is 5.41. The monoisotopic (exact) mass is 260 g/mol. The number of benzene rings is 1. The first-order valence-corrected chi connectivity index (χ1v) is 7.66. The maximum absolute atomic E-state index is 3.36. The van der Waals surface area contributed by atoms with Gasteiger partial charge >= 0.3 is 0 Å². The number of hydrogen-bond acceptors (Lipinski definition) is 2. The molecule has 1 atom stereocenters. The van der Waals surface area contributed by atoms with Gasteiger partial charge in [-0.25, -0.2) is 0 Å². The van der Waals surface area contributed by atoms with Crippen LogP contribution in [-0.2, 0) is 13.0 Å². The first-order chi connectivity index (χ1) is 9.20. The number of hydrogen-bond donors (Lipinski definition) is 1. The van der Waals surface area contributed by atoms with Gasteiger partial charge in [0.1, 0.15) is 0 Å². The third kappa shape index (κ3) is 4.05. The van der Waals surface area contributed by atoms with Crippen LogP contribution in [0.1, 0.15) is 37.8 Å². The largest absolute Gasteiger partial charge is 0.318 e. The lowest BCUT2D eigenvalue weighted by atomic mass is 9.93. The van der Waals surface area contributed by atoms with E-state index < -0.39 is 0 Å². The summed E-state index contributed by atoms with van der Waals surface area (Å²) in [4.78, 5) is 2.67. The highest BCUT2D eigenvalue weighted by Gasteiger charge is 2.24. The van der Waals surface area contributed by atoms with E-state index in [9.17, 15) is 0 Å². The average molecular weight is 260 g/mol. The second-order valence-electron chi connectivity index (χ2n) is 6.19. The highest BCUT2D eigenvalue weighted by Crippen LogP contribution is 2.23. The summed E-state index contributed by atoms with van der Waals surface area (Å²) in [5.41, 5.74) is 3.07. The third-order valence-corrected chi connectivity index (χ3v) is 4.13. The number of rotatable bonds is 6. The molecular formula is C17H28N2. The van der Waals surface area contributed by atoms with Gasteiger partial charge in [-0.2, -0.15) is 0 Å². The van der Waals surface area contributed by atoms with Crippen LogP contribution >= 0.6 is 0 Å². The maximum Gasteiger partial charge on any atom is 0.0264 e. The smallest absolute Gasteiger partial charge is 0.0264 e. The van der Waals surface area contributed by atoms with E-state index >= 15 is 0 Å². The van der Waals surface area contributed by atoms with Crippen molar-refractivity contribution in [2.75, 3.05) is 20.1 Å². The zero-order chi connectivity index (χ0) is 13.7. The van der Waals surface area contributed by atoms with Gasteiger partial charge in [0, 0.05) is 19.1 Å². The molecule has 0 aromatic heterocycles. The molecule has 1 aliphatic heterocycles. The Balaban J connectivity index is 1.99. The minimum absolute atomic E-state index is 0.659. The maximum atomic E-state index is 3.36. The minimum Gasteiger partial charge on any atom is -0.318 e. The SMILES string of the molecule is CNCC1Cc2ccccc2CN1CCCC(C)C. The van der Waals surface area contributed by atoms with Crippen LogP contribution < -0.4 is 5.32 Å². The van der Waals surface area contributed by atoms with Crippen LogP contribution in [0.2, 0.25) is 0 Å². The molecule has 1 unspecified atom stereocenters. The molecule has 1 aliphatic rings. The molecule has 1 aromatic rings. The highest BCUT2D eigenvalue weighted by atomic mass is 15.2. The summed E-state index contributed by atoms with van der Waals surface area (Å²) >= 11 is 0. The number of likely N-dealkylation sites (N-methyl/N-ethyl adjacent to an activating group) is 1. The molecule has 2 rings (SSSR count). The Morgan fingerprint density at radius 2 is 2.00 bits per heavy atom. The fraction of sp³-hybridized carbons (Fsp3) is 0.647. The van der Waals surface area contributed by atoms with Crippen LogP contribution in [0.5, 0.6) is 0 Å². The lowest BCUT2D eigenvalue weighted by Crippen LogP contribution is -2.46. The van der Waals surface area contributed by atoms with Gasteiger partial charge in [-0.15, -0.1) is 0 Å². The van der Waals surface area contributed by atoms with Gasteiger partial charge in [0.25, 0.3) is 0 Å². The van der Waals surface area contributed by atoms with Crippen molar-refractivity contribution in [1.29, 1.82) is 0 Å². The first kappa shape index (κ1) is 14.5. The van der Waals surface area contributed by atoms with Crippen LogP contribution in [0.4, 0.5) is 0 Å². The van der Waals surface area contributed by atoms with E-state index in [-0.39, 0.29) is 0 Å². The molecule has 106 valence electrons. The second-order valence-corrected chi connectivity index (χ2v) is 6.19. The van der Waals surface area contributed by atoms with Crippen LogP contribution in [0.15, 0.2) is 24.3 Å². The van der Waals surface area contributed by atoms with Gasteiger partial charge in [-0.3, -0.25) is 4.90 Å². The zero-order valence-corrected chi connectivity index (χ0v) is 12.7. The van der Waals surface area contributed by atoms with Crippen molar-refractivity contribution in [2.45, 2.75) is 45.7 Å². The molecule has 0 spiro atoms. The summed E-state index contributed by atoms with van der Waals surface area (Å²) in [5, 5.41) is 3.36. The second kappa shape index (κ2) is 7.06. The summed E-state index contributed by atoms with van der Waals surface area (Å²) in [6.07, 6.45) is 3.85. The van der Waals surface area contributed by atoms with E-state index in [0.29, 0.717) is 6.04 Å². The standard InChI is InChI=1S/C17H28N2/c1-14(2)7-6-10-19-13-16-9-5-4-8-15(16)11-17(19)12-18-3/h4-5,8-9,14,17-18H,6-7,10-13H2,1-3H3. The van der Waals surface area contributed by atoms with E-state index in [1.165, 1.54) is 31.4 Å². The molecule has 0 saturated heterocycles. The third-order valence-electron chi connectivity index (χ3n) is 4.13. The minimum atomic E-state index is 0.659. The summed E-state index contributed by atoms with van der Waals surface area (Å²) in [6, 6.07) is 9.59. The molecule has 2 nitrogen and oxygen atoms in total. The van der Waals surface area contributed by atoms with Crippen molar-refractivity contribution in [1.82, 2.24) is 10.2 Å². The topological polar surface area (TPSA) is 15.3 Å². The van der Waals surface area contributed by atoms with Gasteiger partial charge in [0.2, 0.25) is 0 Å². The molecule has 1 aromatic carbocycles. The first-order valence-electron chi connectivity index (χ1n) is 7.66. The molecule has 0 aliphatic carbocycles. The number of fused-ring (bicyclic) bond motifs is 1. The van der Waals surface area contributed by atoms with Crippen LogP contribution in [0.3, 0.4) is 0 Å². The fourth-order valence-electron chi connectivity index (χ4n) is 3.04. The molecule has 19 heavy (non-hydrogen) atoms. The molecule has 2 heteroatoms. The quantitative estimate of drug-likeness (QED) is 0.845. The molecule has 0 amide bonds. The Morgan fingerprint density at radius 3 is 2.68 bits per heavy atom. The van der Waals surface area contributed by atoms with Crippen molar-refractivity contribution >= 4 is 0 Å². The molecule has 1 N–H and O–H groups in total. The van der Waals surface area contributed by atoms with Gasteiger partial charge in [0.15, 0.2) is 0 Å². The van der Waals surface area contributed by atoms with Gasteiger partial charge in [-0.1, -0.05) is 38.1 Å². The molecule has 0 bridgehead atoms. The highest BCUT2D eigenvalue weighted by molar-refractivity contribution is 5.30. The molecule has 0 radical (unpaired) electrons. The summed E-state index contributed by atoms with van der Waals surface area (Å²) in [7, 11) is 2.06. The van der Waals surface area contributed by atoms with Gasteiger partial charge in [0.05, 0.1) is 0 Å². The molecule has 0 fully saturated rings. The van der Waals surface area contributed by atoms with Crippen molar-refractivity contribution in [3.63, 3.8) is 0 Å². The lowest BCUT2D eigenvalue weighted by molar-refractivity contribution is 0.164. The van der Waals surface area contributed by atoms with E-state index in [1.807, 2.05) is 0 Å². The molecule has 0 saturated carbocycles. The zero-order valence-electron chi connectivity index (χ0n) is 12.7. The fourth-order valence-corrected chi connectivity index (χ4v) is 3.04. The molecule has 1 heterocycles. The summed E-state index contributed by atoms with van der Waals surface area (Å²) in [6.45, 7) is 8.09. The number of nitrogens with one attached hydrogen (secondary N) is 1. The van der Waals surface area contributed by atoms with E-state index in [2.05, 4.69) is 55.4 Å². The predicted molar refractivity (Wildman–Crippen MR) is 82.3 cm³/mol. The Bertz CT molecular complexity index is 387. The van der Waals surface area contributed by atoms with Crippen molar-refractivity contribution in [3.05, 3.63) is 35.4 Å². The summed E-state index contributed by atoms with van der Waals surface area (Å²) in [5.74, 6) is 0.819. The van der Waals surface area contributed by atoms with Crippen LogP contribution in [0, 0.1) is 5.92 Å². The van der Waals surface area contributed by atoms with Crippen LogP contribution in [-0.4, -0.2) is 31.1 Å². The Morgan fingerprint density at radius 1 is 1.26 bits per heavy atom. The van der Waals surface area contributed by atoms with Crippen molar-refractivity contribution in [2.24, 2.45) is 5.92 Å². The van der Waals surface area contributed by atoms with E-state index in [1.54, 1.807) is 5.56 Å². The summed E-state index contributed by atoms with van der Waals surface area (Å²) < 4.78 is 0. The van der Waals surface area contributed by atoms with Gasteiger partial charge in [-0.05, 0) is 49.9 Å². The number of nitrogens with zero attached hydrogens (tertiary/aromatic N) is 1. The van der Waals surface area contributed by atoms with Gasteiger partial charge < -0.3 is 5.32 Å². The van der Waals surface area contributed by atoms with E-state index in [0.717, 1.165) is 19.0 Å². The normalized spacial score (nSPS) is 19.7. The Hall–Kier alpha value is -0.860. The Labute approximate surface area is 118 Å². The average Bonchev–Trinajstić information content (AvgIpc) is 2.39. The predicted octanol–water partition coefficient (Wildman–Crippen LogP) is 3.07.